The average Bonchev–Trinajstić information content (AvgIpc) is 2.87. The van der Waals surface area contributed by atoms with Gasteiger partial charge < -0.3 is 4.90 Å². The van der Waals surface area contributed by atoms with Crippen LogP contribution in [0.2, 0.25) is 5.02 Å². The number of halogens is 1. The van der Waals surface area contributed by atoms with E-state index in [1.54, 1.807) is 11.3 Å². The summed E-state index contributed by atoms with van der Waals surface area (Å²) in [5, 5.41) is 9.74. The number of thiophene rings is 1. The molecular formula is C20H24ClN3S. The maximum atomic E-state index is 6.03. The predicted octanol–water partition coefficient (Wildman–Crippen LogP) is 6.33. The van der Waals surface area contributed by atoms with Crippen molar-refractivity contribution in [3.63, 3.8) is 0 Å². The minimum Gasteiger partial charge on any atom is -0.320 e. The Morgan fingerprint density at radius 1 is 1.24 bits per heavy atom. The van der Waals surface area contributed by atoms with Gasteiger partial charge in [0.15, 0.2) is 0 Å². The predicted molar refractivity (Wildman–Crippen MR) is 114 cm³/mol. The third kappa shape index (κ3) is 4.20. The highest BCUT2D eigenvalue weighted by Gasteiger charge is 2.22. The number of aryl methyl sites for hydroxylation is 1. The molecule has 0 saturated heterocycles. The topological polar surface area (TPSA) is 28.0 Å². The van der Waals surface area contributed by atoms with Gasteiger partial charge in [-0.3, -0.25) is 0 Å². The maximum Gasteiger partial charge on any atom is 0.129 e. The summed E-state index contributed by atoms with van der Waals surface area (Å²) in [6.45, 7) is 17.1. The second kappa shape index (κ2) is 8.45. The van der Waals surface area contributed by atoms with Gasteiger partial charge in [-0.05, 0) is 56.0 Å². The Morgan fingerprint density at radius 3 is 2.44 bits per heavy atom. The average molecular weight is 374 g/mol. The van der Waals surface area contributed by atoms with E-state index < -0.39 is 0 Å². The van der Waals surface area contributed by atoms with Crippen LogP contribution in [0.4, 0.5) is 5.00 Å². The van der Waals surface area contributed by atoms with Crippen molar-refractivity contribution in [3.8, 4) is 0 Å². The number of nitrogens with zero attached hydrogens (tertiary/aromatic N) is 3. The van der Waals surface area contributed by atoms with Gasteiger partial charge in [0, 0.05) is 28.7 Å². The molecule has 0 aliphatic heterocycles. The molecule has 0 aliphatic carbocycles. The number of hydrogen-bond acceptors (Lipinski definition) is 3. The zero-order valence-electron chi connectivity index (χ0n) is 15.3. The van der Waals surface area contributed by atoms with Crippen LogP contribution in [0.25, 0.3) is 5.57 Å². The summed E-state index contributed by atoms with van der Waals surface area (Å²) in [7, 11) is 0. The summed E-state index contributed by atoms with van der Waals surface area (Å²) < 4.78 is 0. The molecule has 0 fully saturated rings. The molecule has 1 aromatic heterocycles. The molecule has 3 nitrogen and oxygen atoms in total. The van der Waals surface area contributed by atoms with Gasteiger partial charge in [-0.2, -0.15) is 5.10 Å². The fraction of sp³-hybridized carbons (Fsp3) is 0.300. The van der Waals surface area contributed by atoms with E-state index in [1.165, 1.54) is 10.4 Å². The van der Waals surface area contributed by atoms with Crippen molar-refractivity contribution in [1.29, 1.82) is 0 Å². The van der Waals surface area contributed by atoms with E-state index in [0.29, 0.717) is 0 Å². The van der Waals surface area contributed by atoms with E-state index in [2.05, 4.69) is 49.2 Å². The zero-order chi connectivity index (χ0) is 18.6. The molecule has 0 atom stereocenters. The summed E-state index contributed by atoms with van der Waals surface area (Å²) in [5.74, 6) is 0.836. The van der Waals surface area contributed by atoms with Crippen LogP contribution in [0.5, 0.6) is 0 Å². The summed E-state index contributed by atoms with van der Waals surface area (Å²) in [5.41, 5.74) is 4.48. The van der Waals surface area contributed by atoms with Crippen LogP contribution in [0.1, 0.15) is 41.8 Å². The Bertz CT molecular complexity index is 803. The molecule has 0 N–H and O–H groups in total. The molecule has 0 spiro atoms. The molecule has 0 saturated carbocycles. The van der Waals surface area contributed by atoms with E-state index in [4.69, 9.17) is 11.6 Å². The monoisotopic (exact) mass is 373 g/mol. The van der Waals surface area contributed by atoms with Crippen LogP contribution in [0.3, 0.4) is 0 Å². The smallest absolute Gasteiger partial charge is 0.129 e. The van der Waals surface area contributed by atoms with E-state index in [0.717, 1.165) is 45.5 Å². The molecule has 2 aromatic rings. The molecular weight excluding hydrogens is 350 g/mol. The van der Waals surface area contributed by atoms with Crippen LogP contribution in [-0.4, -0.2) is 19.1 Å². The molecule has 0 aliphatic rings. The SMILES string of the molecule is C=N/N=C(/C)N(CCC)c1sc(C)c(C)c1C(=C)c1ccc(Cl)cc1. The van der Waals surface area contributed by atoms with Crippen LogP contribution in [0, 0.1) is 13.8 Å². The Labute approximate surface area is 159 Å². The van der Waals surface area contributed by atoms with Crippen molar-refractivity contribution in [3.05, 3.63) is 57.4 Å². The molecule has 2 rings (SSSR count). The molecule has 25 heavy (non-hydrogen) atoms. The van der Waals surface area contributed by atoms with Crippen molar-refractivity contribution >= 4 is 46.1 Å². The van der Waals surface area contributed by atoms with Crippen molar-refractivity contribution < 1.29 is 0 Å². The van der Waals surface area contributed by atoms with Gasteiger partial charge in [0.1, 0.15) is 10.8 Å². The lowest BCUT2D eigenvalue weighted by molar-refractivity contribution is 0.900. The highest BCUT2D eigenvalue weighted by atomic mass is 35.5. The summed E-state index contributed by atoms with van der Waals surface area (Å²) >= 11 is 7.79. The first kappa shape index (κ1) is 19.4. The van der Waals surface area contributed by atoms with Gasteiger partial charge in [-0.15, -0.1) is 16.4 Å². The van der Waals surface area contributed by atoms with E-state index >= 15 is 0 Å². The lowest BCUT2D eigenvalue weighted by atomic mass is 9.97. The number of anilines is 1. The van der Waals surface area contributed by atoms with Crippen molar-refractivity contribution in [2.24, 2.45) is 10.2 Å². The Balaban J connectivity index is 2.58. The number of amidine groups is 1. The minimum atomic E-state index is 0.725. The van der Waals surface area contributed by atoms with Crippen molar-refractivity contribution in [2.75, 3.05) is 11.4 Å². The number of hydrogen-bond donors (Lipinski definition) is 0. The van der Waals surface area contributed by atoms with E-state index in [9.17, 15) is 0 Å². The normalized spacial score (nSPS) is 11.5. The van der Waals surface area contributed by atoms with Gasteiger partial charge in [-0.25, -0.2) is 0 Å². The molecule has 0 unspecified atom stereocenters. The van der Waals surface area contributed by atoms with E-state index in [-0.39, 0.29) is 0 Å². The number of rotatable bonds is 6. The quantitative estimate of drug-likeness (QED) is 0.330. The Morgan fingerprint density at radius 2 is 1.88 bits per heavy atom. The van der Waals surface area contributed by atoms with Crippen molar-refractivity contribution in [2.45, 2.75) is 34.1 Å². The second-order valence-corrected chi connectivity index (χ2v) is 7.53. The standard InChI is InChI=1S/C20H24ClN3S/c1-7-12-24(16(5)23-22-6)20-19(13(2)15(4)25-20)14(3)17-8-10-18(21)11-9-17/h8-11H,3,6-7,12H2,1-2,4-5H3/b23-16-. The third-order valence-electron chi connectivity index (χ3n) is 4.16. The van der Waals surface area contributed by atoms with Crippen LogP contribution < -0.4 is 4.90 Å². The first-order valence-corrected chi connectivity index (χ1v) is 9.43. The first-order chi connectivity index (χ1) is 11.9. The second-order valence-electron chi connectivity index (χ2n) is 5.89. The molecule has 1 aromatic carbocycles. The zero-order valence-corrected chi connectivity index (χ0v) is 16.8. The molecule has 1 heterocycles. The van der Waals surface area contributed by atoms with Gasteiger partial charge >= 0.3 is 0 Å². The lowest BCUT2D eigenvalue weighted by Gasteiger charge is -2.24. The lowest BCUT2D eigenvalue weighted by Crippen LogP contribution is -2.29. The fourth-order valence-corrected chi connectivity index (χ4v) is 4.12. The summed E-state index contributed by atoms with van der Waals surface area (Å²) in [6.07, 6.45) is 1.01. The van der Waals surface area contributed by atoms with Gasteiger partial charge in [0.25, 0.3) is 0 Å². The Hall–Kier alpha value is -1.91. The van der Waals surface area contributed by atoms with Crippen LogP contribution in [0.15, 0.2) is 41.0 Å². The molecule has 0 amide bonds. The highest BCUT2D eigenvalue weighted by Crippen LogP contribution is 2.41. The van der Waals surface area contributed by atoms with Crippen molar-refractivity contribution in [1.82, 2.24) is 0 Å². The third-order valence-corrected chi connectivity index (χ3v) is 5.64. The summed E-state index contributed by atoms with van der Waals surface area (Å²) in [6, 6.07) is 7.82. The maximum absolute atomic E-state index is 6.03. The Kier molecular flexibility index (Phi) is 6.57. The van der Waals surface area contributed by atoms with E-state index in [1.807, 2.05) is 31.2 Å². The van der Waals surface area contributed by atoms with Gasteiger partial charge in [0.2, 0.25) is 0 Å². The first-order valence-electron chi connectivity index (χ1n) is 8.23. The minimum absolute atomic E-state index is 0.725. The fourth-order valence-electron chi connectivity index (χ4n) is 2.74. The summed E-state index contributed by atoms with van der Waals surface area (Å²) in [4.78, 5) is 3.48. The molecule has 5 heteroatoms. The van der Waals surface area contributed by atoms with Gasteiger partial charge in [-0.1, -0.05) is 37.2 Å². The molecule has 0 bridgehead atoms. The molecule has 132 valence electrons. The highest BCUT2D eigenvalue weighted by molar-refractivity contribution is 7.16. The largest absolute Gasteiger partial charge is 0.320 e. The van der Waals surface area contributed by atoms with Gasteiger partial charge in [0.05, 0.1) is 0 Å². The number of benzene rings is 1. The molecule has 0 radical (unpaired) electrons. The van der Waals surface area contributed by atoms with Crippen LogP contribution >= 0.6 is 22.9 Å². The van der Waals surface area contributed by atoms with Crippen LogP contribution in [-0.2, 0) is 0 Å².